The lowest BCUT2D eigenvalue weighted by atomic mass is 10.1. The molecule has 0 amide bonds. The molecule has 1 fully saturated rings. The topological polar surface area (TPSA) is 32.7 Å². The third-order valence-corrected chi connectivity index (χ3v) is 3.00. The van der Waals surface area contributed by atoms with E-state index in [4.69, 9.17) is 4.74 Å². The molecule has 1 aliphatic heterocycles. The van der Waals surface area contributed by atoms with E-state index >= 15 is 0 Å². The fourth-order valence-corrected chi connectivity index (χ4v) is 2.13. The summed E-state index contributed by atoms with van der Waals surface area (Å²) in [5.74, 6) is 0. The molecule has 0 aromatic heterocycles. The summed E-state index contributed by atoms with van der Waals surface area (Å²) < 4.78 is 5.66. The van der Waals surface area contributed by atoms with Crippen LogP contribution >= 0.6 is 0 Å². The highest BCUT2D eigenvalue weighted by Gasteiger charge is 2.28. The molecule has 3 nitrogen and oxygen atoms in total. The van der Waals surface area contributed by atoms with Crippen molar-refractivity contribution in [3.63, 3.8) is 0 Å². The number of ether oxygens (including phenoxy) is 1. The number of rotatable bonds is 3. The summed E-state index contributed by atoms with van der Waals surface area (Å²) in [4.78, 5) is 2.33. The van der Waals surface area contributed by atoms with Crippen LogP contribution in [0.2, 0.25) is 0 Å². The molecule has 4 unspecified atom stereocenters. The molecular weight excluding hydrogens is 178 g/mol. The van der Waals surface area contributed by atoms with Gasteiger partial charge in [-0.25, -0.2) is 0 Å². The number of hydrogen-bond acceptors (Lipinski definition) is 3. The standard InChI is InChI=1S/C11H23NO2/c1-5-11(13)10(4)12-6-8(2)14-9(3)7-12/h8-11,13H,5-7H2,1-4H3. The van der Waals surface area contributed by atoms with Crippen molar-refractivity contribution in [2.45, 2.75) is 58.5 Å². The summed E-state index contributed by atoms with van der Waals surface area (Å²) in [5, 5.41) is 9.77. The highest BCUT2D eigenvalue weighted by atomic mass is 16.5. The van der Waals surface area contributed by atoms with Gasteiger partial charge < -0.3 is 9.84 Å². The van der Waals surface area contributed by atoms with Gasteiger partial charge in [-0.1, -0.05) is 6.92 Å². The summed E-state index contributed by atoms with van der Waals surface area (Å²) in [5.41, 5.74) is 0. The fraction of sp³-hybridized carbons (Fsp3) is 1.00. The molecule has 84 valence electrons. The van der Waals surface area contributed by atoms with Crippen molar-refractivity contribution in [2.75, 3.05) is 13.1 Å². The van der Waals surface area contributed by atoms with Crippen molar-refractivity contribution < 1.29 is 9.84 Å². The molecule has 0 saturated carbocycles. The van der Waals surface area contributed by atoms with Gasteiger partial charge in [0.15, 0.2) is 0 Å². The van der Waals surface area contributed by atoms with Gasteiger partial charge in [0, 0.05) is 19.1 Å². The van der Waals surface area contributed by atoms with Crippen LogP contribution < -0.4 is 0 Å². The normalized spacial score (nSPS) is 34.1. The second kappa shape index (κ2) is 5.10. The Kier molecular flexibility index (Phi) is 4.35. The van der Waals surface area contributed by atoms with Crippen LogP contribution in [-0.2, 0) is 4.74 Å². The Hall–Kier alpha value is -0.120. The Morgan fingerprint density at radius 3 is 2.29 bits per heavy atom. The fourth-order valence-electron chi connectivity index (χ4n) is 2.13. The maximum absolute atomic E-state index is 9.77. The van der Waals surface area contributed by atoms with E-state index in [1.165, 1.54) is 0 Å². The van der Waals surface area contributed by atoms with Gasteiger partial charge in [-0.15, -0.1) is 0 Å². The van der Waals surface area contributed by atoms with Gasteiger partial charge in [-0.3, -0.25) is 4.90 Å². The molecular formula is C11H23NO2. The predicted octanol–water partition coefficient (Wildman–Crippen LogP) is 1.26. The highest BCUT2D eigenvalue weighted by Crippen LogP contribution is 2.16. The summed E-state index contributed by atoms with van der Waals surface area (Å²) in [6.45, 7) is 10.2. The zero-order valence-corrected chi connectivity index (χ0v) is 9.73. The van der Waals surface area contributed by atoms with E-state index in [0.717, 1.165) is 19.5 Å². The van der Waals surface area contributed by atoms with Crippen LogP contribution in [-0.4, -0.2) is 47.4 Å². The SMILES string of the molecule is CCC(O)C(C)N1CC(C)OC(C)C1. The quantitative estimate of drug-likeness (QED) is 0.746. The molecule has 1 saturated heterocycles. The molecule has 0 radical (unpaired) electrons. The van der Waals surface area contributed by atoms with Crippen LogP contribution in [0, 0.1) is 0 Å². The van der Waals surface area contributed by atoms with E-state index in [9.17, 15) is 5.11 Å². The first-order valence-electron chi connectivity index (χ1n) is 5.62. The van der Waals surface area contributed by atoms with Crippen molar-refractivity contribution in [2.24, 2.45) is 0 Å². The van der Waals surface area contributed by atoms with Crippen molar-refractivity contribution in [1.29, 1.82) is 0 Å². The largest absolute Gasteiger partial charge is 0.392 e. The van der Waals surface area contributed by atoms with Crippen molar-refractivity contribution >= 4 is 0 Å². The zero-order chi connectivity index (χ0) is 10.7. The summed E-state index contributed by atoms with van der Waals surface area (Å²) in [6.07, 6.45) is 1.17. The molecule has 1 N–H and O–H groups in total. The Labute approximate surface area is 87.1 Å². The monoisotopic (exact) mass is 201 g/mol. The zero-order valence-electron chi connectivity index (χ0n) is 9.73. The van der Waals surface area contributed by atoms with Crippen LogP contribution in [0.25, 0.3) is 0 Å². The molecule has 3 heteroatoms. The predicted molar refractivity (Wildman–Crippen MR) is 57.3 cm³/mol. The van der Waals surface area contributed by atoms with E-state index in [-0.39, 0.29) is 24.4 Å². The summed E-state index contributed by atoms with van der Waals surface area (Å²) in [6, 6.07) is 0.244. The van der Waals surface area contributed by atoms with E-state index in [1.54, 1.807) is 0 Å². The van der Waals surface area contributed by atoms with E-state index in [2.05, 4.69) is 25.7 Å². The molecule has 0 aromatic rings. The van der Waals surface area contributed by atoms with Gasteiger partial charge >= 0.3 is 0 Å². The third kappa shape index (κ3) is 2.94. The first-order chi connectivity index (χ1) is 6.54. The molecule has 4 atom stereocenters. The van der Waals surface area contributed by atoms with Crippen LogP contribution in [0.4, 0.5) is 0 Å². The number of aliphatic hydroxyl groups excluding tert-OH is 1. The van der Waals surface area contributed by atoms with Crippen molar-refractivity contribution in [1.82, 2.24) is 4.90 Å². The van der Waals surface area contributed by atoms with Crippen LogP contribution in [0.5, 0.6) is 0 Å². The van der Waals surface area contributed by atoms with Gasteiger partial charge in [-0.2, -0.15) is 0 Å². The summed E-state index contributed by atoms with van der Waals surface area (Å²) >= 11 is 0. The number of nitrogens with zero attached hydrogens (tertiary/aromatic N) is 1. The smallest absolute Gasteiger partial charge is 0.0690 e. The molecule has 0 spiro atoms. The molecule has 0 aromatic carbocycles. The second-order valence-electron chi connectivity index (χ2n) is 4.43. The van der Waals surface area contributed by atoms with Crippen LogP contribution in [0.1, 0.15) is 34.1 Å². The minimum absolute atomic E-state index is 0.215. The van der Waals surface area contributed by atoms with Gasteiger partial charge in [0.2, 0.25) is 0 Å². The Morgan fingerprint density at radius 1 is 1.36 bits per heavy atom. The first-order valence-corrected chi connectivity index (χ1v) is 5.62. The minimum atomic E-state index is -0.215. The Bertz CT molecular complexity index is 165. The van der Waals surface area contributed by atoms with Crippen LogP contribution in [0.15, 0.2) is 0 Å². The molecule has 1 heterocycles. The lowest BCUT2D eigenvalue weighted by molar-refractivity contribution is -0.0928. The Balaban J connectivity index is 2.50. The summed E-state index contributed by atoms with van der Waals surface area (Å²) in [7, 11) is 0. The lowest BCUT2D eigenvalue weighted by Crippen LogP contribution is -2.52. The lowest BCUT2D eigenvalue weighted by Gasteiger charge is -2.40. The van der Waals surface area contributed by atoms with Gasteiger partial charge in [-0.05, 0) is 27.2 Å². The molecule has 0 bridgehead atoms. The average Bonchev–Trinajstić information content (AvgIpc) is 2.14. The molecule has 14 heavy (non-hydrogen) atoms. The third-order valence-electron chi connectivity index (χ3n) is 3.00. The highest BCUT2D eigenvalue weighted by molar-refractivity contribution is 4.80. The van der Waals surface area contributed by atoms with Gasteiger partial charge in [0.25, 0.3) is 0 Å². The van der Waals surface area contributed by atoms with E-state index < -0.39 is 0 Å². The van der Waals surface area contributed by atoms with Crippen molar-refractivity contribution in [3.8, 4) is 0 Å². The number of morpholine rings is 1. The van der Waals surface area contributed by atoms with Gasteiger partial charge in [0.1, 0.15) is 0 Å². The van der Waals surface area contributed by atoms with E-state index in [1.807, 2.05) is 6.92 Å². The maximum atomic E-state index is 9.77. The molecule has 1 rings (SSSR count). The average molecular weight is 201 g/mol. The number of hydrogen-bond donors (Lipinski definition) is 1. The minimum Gasteiger partial charge on any atom is -0.392 e. The molecule has 1 aliphatic rings. The maximum Gasteiger partial charge on any atom is 0.0690 e. The van der Waals surface area contributed by atoms with Gasteiger partial charge in [0.05, 0.1) is 18.3 Å². The molecule has 0 aliphatic carbocycles. The number of aliphatic hydroxyl groups is 1. The van der Waals surface area contributed by atoms with E-state index in [0.29, 0.717) is 0 Å². The second-order valence-corrected chi connectivity index (χ2v) is 4.43. The van der Waals surface area contributed by atoms with Crippen LogP contribution in [0.3, 0.4) is 0 Å². The Morgan fingerprint density at radius 2 is 1.86 bits per heavy atom. The van der Waals surface area contributed by atoms with Crippen molar-refractivity contribution in [3.05, 3.63) is 0 Å². The first kappa shape index (κ1) is 12.0.